The predicted octanol–water partition coefficient (Wildman–Crippen LogP) is 2.60. The second-order valence-corrected chi connectivity index (χ2v) is 6.98. The van der Waals surface area contributed by atoms with E-state index in [-0.39, 0.29) is 30.1 Å². The molecule has 0 atom stereocenters. The fourth-order valence-electron chi connectivity index (χ4n) is 3.21. The number of rotatable bonds is 8. The Kier molecular flexibility index (Phi) is 10.6. The maximum Gasteiger partial charge on any atom is 0.409 e. The van der Waals surface area contributed by atoms with E-state index in [9.17, 15) is 4.79 Å². The van der Waals surface area contributed by atoms with Crippen LogP contribution in [0.3, 0.4) is 0 Å². The van der Waals surface area contributed by atoms with E-state index in [2.05, 4.69) is 15.6 Å². The lowest BCUT2D eigenvalue weighted by Gasteiger charge is -2.32. The molecule has 0 aromatic heterocycles. The predicted molar refractivity (Wildman–Crippen MR) is 114 cm³/mol. The number of guanidine groups is 1. The van der Waals surface area contributed by atoms with E-state index in [0.717, 1.165) is 58.1 Å². The molecule has 7 nitrogen and oxygen atoms in total. The minimum absolute atomic E-state index is 0. The molecule has 1 heterocycles. The minimum Gasteiger partial charge on any atom is -0.450 e. The summed E-state index contributed by atoms with van der Waals surface area (Å²) >= 11 is 0. The number of hydrogen-bond donors (Lipinski definition) is 2. The van der Waals surface area contributed by atoms with Gasteiger partial charge in [-0.05, 0) is 51.4 Å². The van der Waals surface area contributed by atoms with Crippen LogP contribution < -0.4 is 10.6 Å². The van der Waals surface area contributed by atoms with Crippen molar-refractivity contribution in [2.75, 3.05) is 46.5 Å². The summed E-state index contributed by atoms with van der Waals surface area (Å²) in [5.41, 5.74) is 0.389. The van der Waals surface area contributed by atoms with Gasteiger partial charge in [-0.3, -0.25) is 4.99 Å². The average Bonchev–Trinajstić information content (AvgIpc) is 3.40. The third kappa shape index (κ3) is 7.46. The van der Waals surface area contributed by atoms with Crippen molar-refractivity contribution >= 4 is 36.0 Å². The van der Waals surface area contributed by atoms with E-state index in [1.807, 2.05) is 20.9 Å². The monoisotopic (exact) mass is 482 g/mol. The van der Waals surface area contributed by atoms with Crippen molar-refractivity contribution in [3.63, 3.8) is 0 Å². The average molecular weight is 482 g/mol. The summed E-state index contributed by atoms with van der Waals surface area (Å²) in [5, 5.41) is 6.97. The van der Waals surface area contributed by atoms with Crippen LogP contribution in [0.4, 0.5) is 4.79 Å². The molecule has 152 valence electrons. The number of halogens is 1. The molecule has 0 aromatic rings. The van der Waals surface area contributed by atoms with Gasteiger partial charge in [-0.15, -0.1) is 24.0 Å². The molecule has 0 unspecified atom stereocenters. The van der Waals surface area contributed by atoms with Gasteiger partial charge in [-0.1, -0.05) is 0 Å². The maximum absolute atomic E-state index is 11.7. The van der Waals surface area contributed by atoms with Crippen LogP contribution in [-0.2, 0) is 9.47 Å². The Morgan fingerprint density at radius 2 is 1.92 bits per heavy atom. The number of nitrogens with one attached hydrogen (secondary N) is 2. The lowest BCUT2D eigenvalue weighted by atomic mass is 10.0. The minimum atomic E-state index is -0.201. The molecule has 2 fully saturated rings. The van der Waals surface area contributed by atoms with Crippen molar-refractivity contribution in [3.05, 3.63) is 0 Å². The number of piperidine rings is 1. The number of amides is 1. The van der Waals surface area contributed by atoms with Crippen molar-refractivity contribution < 1.29 is 14.3 Å². The molecular weight excluding hydrogens is 447 g/mol. The van der Waals surface area contributed by atoms with Gasteiger partial charge in [0.25, 0.3) is 0 Å². The van der Waals surface area contributed by atoms with Gasteiger partial charge in [0, 0.05) is 45.9 Å². The largest absolute Gasteiger partial charge is 0.450 e. The number of ether oxygens (including phenoxy) is 2. The lowest BCUT2D eigenvalue weighted by molar-refractivity contribution is 0.0962. The molecule has 0 bridgehead atoms. The first-order valence-electron chi connectivity index (χ1n) is 9.59. The first-order valence-corrected chi connectivity index (χ1v) is 9.59. The molecule has 0 spiro atoms. The number of carbonyl (C=O) groups excluding carboxylic acids is 1. The van der Waals surface area contributed by atoms with Crippen LogP contribution in [0, 0.1) is 5.41 Å². The summed E-state index contributed by atoms with van der Waals surface area (Å²) in [7, 11) is 1.81. The van der Waals surface area contributed by atoms with Gasteiger partial charge in [-0.2, -0.15) is 0 Å². The number of hydrogen-bond acceptors (Lipinski definition) is 4. The van der Waals surface area contributed by atoms with Crippen LogP contribution in [0.15, 0.2) is 4.99 Å². The molecular formula is C18H35IN4O3. The molecule has 0 radical (unpaired) electrons. The van der Waals surface area contributed by atoms with Gasteiger partial charge in [0.15, 0.2) is 5.96 Å². The molecule has 26 heavy (non-hydrogen) atoms. The SMILES string of the molecule is CCOCCC1(CNC(=NC)NC2CCN(C(=O)OCC)CC2)CC1.I. The summed E-state index contributed by atoms with van der Waals surface area (Å²) in [6, 6.07) is 0.343. The summed E-state index contributed by atoms with van der Waals surface area (Å²) in [6.45, 7) is 8.34. The molecule has 2 aliphatic rings. The number of aliphatic imine (C=N–C) groups is 1. The first kappa shape index (κ1) is 23.3. The molecule has 1 amide bonds. The second kappa shape index (κ2) is 11.8. The van der Waals surface area contributed by atoms with Gasteiger partial charge in [0.05, 0.1) is 6.61 Å². The zero-order chi connectivity index (χ0) is 18.1. The van der Waals surface area contributed by atoms with Crippen molar-refractivity contribution in [2.45, 2.75) is 52.0 Å². The van der Waals surface area contributed by atoms with Gasteiger partial charge in [-0.25, -0.2) is 4.79 Å². The van der Waals surface area contributed by atoms with Crippen molar-refractivity contribution in [1.29, 1.82) is 0 Å². The number of likely N-dealkylation sites (tertiary alicyclic amines) is 1. The Hall–Kier alpha value is -0.770. The number of carbonyl (C=O) groups is 1. The van der Waals surface area contributed by atoms with Crippen molar-refractivity contribution in [1.82, 2.24) is 15.5 Å². The van der Waals surface area contributed by atoms with Gasteiger partial charge < -0.3 is 25.0 Å². The highest BCUT2D eigenvalue weighted by Crippen LogP contribution is 2.48. The summed E-state index contributed by atoms with van der Waals surface area (Å²) in [5.74, 6) is 0.859. The Labute approximate surface area is 174 Å². The normalized spacial score (nSPS) is 19.5. The topological polar surface area (TPSA) is 75.2 Å². The Morgan fingerprint density at radius 1 is 1.23 bits per heavy atom. The fourth-order valence-corrected chi connectivity index (χ4v) is 3.21. The Morgan fingerprint density at radius 3 is 2.46 bits per heavy atom. The van der Waals surface area contributed by atoms with Crippen LogP contribution in [0.5, 0.6) is 0 Å². The lowest BCUT2D eigenvalue weighted by Crippen LogP contribution is -2.50. The van der Waals surface area contributed by atoms with Crippen LogP contribution >= 0.6 is 24.0 Å². The zero-order valence-electron chi connectivity index (χ0n) is 16.4. The smallest absolute Gasteiger partial charge is 0.409 e. The van der Waals surface area contributed by atoms with E-state index in [1.54, 1.807) is 4.90 Å². The molecule has 2 N–H and O–H groups in total. The van der Waals surface area contributed by atoms with Crippen LogP contribution in [0.1, 0.15) is 46.0 Å². The summed E-state index contributed by atoms with van der Waals surface area (Å²) in [6.07, 6.45) is 5.27. The highest BCUT2D eigenvalue weighted by molar-refractivity contribution is 14.0. The standard InChI is InChI=1S/C18H34N4O3.HI/c1-4-24-13-10-18(8-9-18)14-20-16(19-3)21-15-6-11-22(12-7-15)17(23)25-5-2;/h15H,4-14H2,1-3H3,(H2,19,20,21);1H. The molecule has 2 rings (SSSR count). The van der Waals surface area contributed by atoms with Crippen LogP contribution in [0.2, 0.25) is 0 Å². The Balaban J connectivity index is 0.00000338. The highest BCUT2D eigenvalue weighted by Gasteiger charge is 2.42. The highest BCUT2D eigenvalue weighted by atomic mass is 127. The van der Waals surface area contributed by atoms with E-state index < -0.39 is 0 Å². The fraction of sp³-hybridized carbons (Fsp3) is 0.889. The van der Waals surface area contributed by atoms with E-state index in [4.69, 9.17) is 9.47 Å². The van der Waals surface area contributed by atoms with Gasteiger partial charge in [0.2, 0.25) is 0 Å². The maximum atomic E-state index is 11.7. The Bertz CT molecular complexity index is 450. The second-order valence-electron chi connectivity index (χ2n) is 6.98. The molecule has 1 aliphatic heterocycles. The van der Waals surface area contributed by atoms with E-state index in [1.165, 1.54) is 12.8 Å². The summed E-state index contributed by atoms with van der Waals surface area (Å²) < 4.78 is 10.6. The van der Waals surface area contributed by atoms with Gasteiger partial charge >= 0.3 is 6.09 Å². The first-order chi connectivity index (χ1) is 12.1. The zero-order valence-corrected chi connectivity index (χ0v) is 18.7. The molecule has 1 saturated carbocycles. The third-order valence-electron chi connectivity index (χ3n) is 5.15. The van der Waals surface area contributed by atoms with Crippen LogP contribution in [-0.4, -0.2) is 69.5 Å². The third-order valence-corrected chi connectivity index (χ3v) is 5.15. The van der Waals surface area contributed by atoms with E-state index >= 15 is 0 Å². The van der Waals surface area contributed by atoms with Gasteiger partial charge in [0.1, 0.15) is 0 Å². The van der Waals surface area contributed by atoms with Crippen molar-refractivity contribution in [3.8, 4) is 0 Å². The quantitative estimate of drug-likeness (QED) is 0.241. The molecule has 1 aliphatic carbocycles. The molecule has 1 saturated heterocycles. The number of nitrogens with zero attached hydrogens (tertiary/aromatic N) is 2. The molecule has 8 heteroatoms. The van der Waals surface area contributed by atoms with Crippen LogP contribution in [0.25, 0.3) is 0 Å². The molecule has 0 aromatic carbocycles. The van der Waals surface area contributed by atoms with E-state index in [0.29, 0.717) is 18.1 Å². The van der Waals surface area contributed by atoms with Crippen molar-refractivity contribution in [2.24, 2.45) is 10.4 Å². The summed E-state index contributed by atoms with van der Waals surface area (Å²) in [4.78, 5) is 17.9.